The number of alkyl halides is 1. The summed E-state index contributed by atoms with van der Waals surface area (Å²) in [5.74, 6) is 0.374. The second-order valence-corrected chi connectivity index (χ2v) is 7.34. The third-order valence-electron chi connectivity index (χ3n) is 3.27. The summed E-state index contributed by atoms with van der Waals surface area (Å²) in [6.45, 7) is 2.34. The van der Waals surface area contributed by atoms with Crippen LogP contribution in [0.5, 0.6) is 0 Å². The van der Waals surface area contributed by atoms with Crippen molar-refractivity contribution >= 4 is 21.6 Å². The van der Waals surface area contributed by atoms with Crippen LogP contribution in [0, 0.1) is 6.92 Å². The lowest BCUT2D eigenvalue weighted by atomic mass is 10.1. The molecule has 0 spiro atoms. The van der Waals surface area contributed by atoms with Gasteiger partial charge in [0.2, 0.25) is 10.0 Å². The predicted octanol–water partition coefficient (Wildman–Crippen LogP) is 3.55. The summed E-state index contributed by atoms with van der Waals surface area (Å²) in [4.78, 5) is 0.284. The molecule has 0 unspecified atom stereocenters. The van der Waals surface area contributed by atoms with Crippen molar-refractivity contribution in [1.82, 2.24) is 4.31 Å². The van der Waals surface area contributed by atoms with Gasteiger partial charge in [-0.1, -0.05) is 42.0 Å². The molecule has 0 aliphatic heterocycles. The van der Waals surface area contributed by atoms with Crippen molar-refractivity contribution in [2.45, 2.75) is 24.2 Å². The highest BCUT2D eigenvalue weighted by molar-refractivity contribution is 7.89. The molecule has 0 saturated heterocycles. The lowest BCUT2D eigenvalue weighted by Crippen LogP contribution is -2.26. The van der Waals surface area contributed by atoms with Crippen LogP contribution in [0.3, 0.4) is 0 Å². The molecular formula is C16H18ClNO2S. The highest BCUT2D eigenvalue weighted by Gasteiger charge is 2.20. The van der Waals surface area contributed by atoms with Crippen molar-refractivity contribution in [2.75, 3.05) is 7.05 Å². The molecule has 5 heteroatoms. The molecule has 2 aromatic carbocycles. The van der Waals surface area contributed by atoms with Crippen molar-refractivity contribution in [1.29, 1.82) is 0 Å². The van der Waals surface area contributed by atoms with Crippen LogP contribution in [0.25, 0.3) is 0 Å². The van der Waals surface area contributed by atoms with E-state index in [0.717, 1.165) is 16.7 Å². The average molecular weight is 324 g/mol. The Hall–Kier alpha value is -1.36. The maximum Gasteiger partial charge on any atom is 0.243 e. The van der Waals surface area contributed by atoms with Gasteiger partial charge in [0.25, 0.3) is 0 Å². The molecule has 0 atom stereocenters. The zero-order valence-electron chi connectivity index (χ0n) is 12.1. The van der Waals surface area contributed by atoms with Crippen LogP contribution in [0.2, 0.25) is 0 Å². The maximum atomic E-state index is 12.5. The number of halogens is 1. The van der Waals surface area contributed by atoms with Crippen LogP contribution in [-0.4, -0.2) is 19.8 Å². The molecule has 21 heavy (non-hydrogen) atoms. The van der Waals surface area contributed by atoms with Gasteiger partial charge in [0.15, 0.2) is 0 Å². The summed E-state index contributed by atoms with van der Waals surface area (Å²) in [5, 5.41) is 0. The van der Waals surface area contributed by atoms with Gasteiger partial charge in [-0.25, -0.2) is 8.42 Å². The Morgan fingerprint density at radius 1 is 1.05 bits per heavy atom. The quantitative estimate of drug-likeness (QED) is 0.789. The van der Waals surface area contributed by atoms with Gasteiger partial charge < -0.3 is 0 Å². The van der Waals surface area contributed by atoms with Gasteiger partial charge >= 0.3 is 0 Å². The van der Waals surface area contributed by atoms with E-state index < -0.39 is 10.0 Å². The van der Waals surface area contributed by atoms with Crippen molar-refractivity contribution in [2.24, 2.45) is 0 Å². The summed E-state index contributed by atoms with van der Waals surface area (Å²) in [5.41, 5.74) is 2.99. The first-order chi connectivity index (χ1) is 9.93. The molecular weight excluding hydrogens is 306 g/mol. The van der Waals surface area contributed by atoms with E-state index in [1.807, 2.05) is 31.2 Å². The first-order valence-electron chi connectivity index (χ1n) is 6.60. The number of rotatable bonds is 5. The Morgan fingerprint density at radius 2 is 1.71 bits per heavy atom. The standard InChI is InChI=1S/C16H18ClNO2S/c1-13-4-3-5-15(10-13)12-18(2)21(19,20)16-8-6-14(11-17)7-9-16/h3-10H,11-12H2,1-2H3. The monoisotopic (exact) mass is 323 g/mol. The molecule has 2 aromatic rings. The molecule has 0 radical (unpaired) electrons. The third kappa shape index (κ3) is 3.84. The minimum absolute atomic E-state index is 0.284. The third-order valence-corrected chi connectivity index (χ3v) is 5.40. The molecule has 0 saturated carbocycles. The molecule has 3 nitrogen and oxygen atoms in total. The first-order valence-corrected chi connectivity index (χ1v) is 8.58. The number of benzene rings is 2. The summed E-state index contributed by atoms with van der Waals surface area (Å²) in [6.07, 6.45) is 0. The number of aryl methyl sites for hydroxylation is 1. The minimum Gasteiger partial charge on any atom is -0.207 e. The molecule has 112 valence electrons. The smallest absolute Gasteiger partial charge is 0.207 e. The Labute approximate surface area is 131 Å². The van der Waals surface area contributed by atoms with Crippen LogP contribution < -0.4 is 0 Å². The lowest BCUT2D eigenvalue weighted by molar-refractivity contribution is 0.466. The minimum atomic E-state index is -3.48. The second-order valence-electron chi connectivity index (χ2n) is 5.03. The molecule has 0 heterocycles. The van der Waals surface area contributed by atoms with Crippen molar-refractivity contribution in [3.63, 3.8) is 0 Å². The molecule has 0 N–H and O–H groups in total. The summed E-state index contributed by atoms with van der Waals surface area (Å²) < 4.78 is 26.4. The van der Waals surface area contributed by atoms with Crippen LogP contribution in [0.15, 0.2) is 53.4 Å². The number of sulfonamides is 1. The van der Waals surface area contributed by atoms with Gasteiger partial charge in [0, 0.05) is 19.5 Å². The zero-order chi connectivity index (χ0) is 15.5. The summed E-state index contributed by atoms with van der Waals surface area (Å²) in [7, 11) is -1.89. The Morgan fingerprint density at radius 3 is 2.29 bits per heavy atom. The summed E-state index contributed by atoms with van der Waals surface area (Å²) >= 11 is 5.72. The largest absolute Gasteiger partial charge is 0.243 e. The Bertz CT molecular complexity index is 711. The second kappa shape index (κ2) is 6.60. The van der Waals surface area contributed by atoms with Gasteiger partial charge in [-0.05, 0) is 30.2 Å². The molecule has 2 rings (SSSR count). The van der Waals surface area contributed by atoms with Crippen LogP contribution in [0.1, 0.15) is 16.7 Å². The van der Waals surface area contributed by atoms with Crippen molar-refractivity contribution < 1.29 is 8.42 Å². The van der Waals surface area contributed by atoms with E-state index in [1.54, 1.807) is 31.3 Å². The van der Waals surface area contributed by atoms with Crippen molar-refractivity contribution in [3.8, 4) is 0 Å². The van der Waals surface area contributed by atoms with E-state index >= 15 is 0 Å². The predicted molar refractivity (Wildman–Crippen MR) is 85.8 cm³/mol. The van der Waals surface area contributed by atoms with Gasteiger partial charge in [-0.3, -0.25) is 0 Å². The van der Waals surface area contributed by atoms with E-state index in [4.69, 9.17) is 11.6 Å². The van der Waals surface area contributed by atoms with Gasteiger partial charge in [0.1, 0.15) is 0 Å². The van der Waals surface area contributed by atoms with E-state index in [2.05, 4.69) is 0 Å². The van der Waals surface area contributed by atoms with Crippen molar-refractivity contribution in [3.05, 3.63) is 65.2 Å². The molecule has 0 fully saturated rings. The molecule has 0 bridgehead atoms. The normalized spacial score (nSPS) is 11.8. The fraction of sp³-hybridized carbons (Fsp3) is 0.250. The van der Waals surface area contributed by atoms with Crippen LogP contribution in [-0.2, 0) is 22.4 Å². The SMILES string of the molecule is Cc1cccc(CN(C)S(=O)(=O)c2ccc(CCl)cc2)c1. The summed E-state index contributed by atoms with van der Waals surface area (Å²) in [6, 6.07) is 14.5. The average Bonchev–Trinajstić information content (AvgIpc) is 2.47. The Balaban J connectivity index is 2.21. The molecule has 0 aliphatic carbocycles. The highest BCUT2D eigenvalue weighted by Crippen LogP contribution is 2.18. The number of hydrogen-bond acceptors (Lipinski definition) is 2. The fourth-order valence-corrected chi connectivity index (χ4v) is 3.42. The van der Waals surface area contributed by atoms with E-state index in [9.17, 15) is 8.42 Å². The molecule has 0 amide bonds. The fourth-order valence-electron chi connectivity index (χ4n) is 2.08. The van der Waals surface area contributed by atoms with Gasteiger partial charge in [-0.2, -0.15) is 4.31 Å². The zero-order valence-corrected chi connectivity index (χ0v) is 13.7. The number of hydrogen-bond donors (Lipinski definition) is 0. The maximum absolute atomic E-state index is 12.5. The van der Waals surface area contributed by atoms with E-state index in [1.165, 1.54) is 4.31 Å². The first kappa shape index (κ1) is 16.0. The van der Waals surface area contributed by atoms with Crippen LogP contribution >= 0.6 is 11.6 Å². The number of nitrogens with zero attached hydrogens (tertiary/aromatic N) is 1. The van der Waals surface area contributed by atoms with E-state index in [-0.39, 0.29) is 4.90 Å². The van der Waals surface area contributed by atoms with Gasteiger partial charge in [0.05, 0.1) is 4.90 Å². The van der Waals surface area contributed by atoms with Crippen LogP contribution in [0.4, 0.5) is 0 Å². The lowest BCUT2D eigenvalue weighted by Gasteiger charge is -2.17. The molecule has 0 aliphatic rings. The topological polar surface area (TPSA) is 37.4 Å². The van der Waals surface area contributed by atoms with Gasteiger partial charge in [-0.15, -0.1) is 11.6 Å². The molecule has 0 aromatic heterocycles. The van der Waals surface area contributed by atoms with E-state index in [0.29, 0.717) is 12.4 Å². The highest BCUT2D eigenvalue weighted by atomic mass is 35.5. The Kier molecular flexibility index (Phi) is 5.04.